The molecular formula is C23H31N4O2+. The van der Waals surface area contributed by atoms with Crippen LogP contribution in [0.3, 0.4) is 0 Å². The summed E-state index contributed by atoms with van der Waals surface area (Å²) in [6.45, 7) is 5.40. The van der Waals surface area contributed by atoms with Gasteiger partial charge >= 0.3 is 0 Å². The Bertz CT molecular complexity index is 857. The van der Waals surface area contributed by atoms with E-state index in [9.17, 15) is 9.59 Å². The molecule has 1 saturated heterocycles. The van der Waals surface area contributed by atoms with Crippen molar-refractivity contribution < 1.29 is 14.5 Å². The fourth-order valence-electron chi connectivity index (χ4n) is 3.67. The lowest BCUT2D eigenvalue weighted by Crippen LogP contribution is -3.15. The normalized spacial score (nSPS) is 14.5. The number of quaternary nitrogens is 1. The minimum absolute atomic E-state index is 0.0272. The lowest BCUT2D eigenvalue weighted by molar-refractivity contribution is -0.895. The summed E-state index contributed by atoms with van der Waals surface area (Å²) >= 11 is 0. The average Bonchev–Trinajstić information content (AvgIpc) is 2.74. The first-order chi connectivity index (χ1) is 14.0. The zero-order valence-electron chi connectivity index (χ0n) is 17.6. The molecule has 1 fully saturated rings. The van der Waals surface area contributed by atoms with Gasteiger partial charge in [-0.3, -0.25) is 9.59 Å². The number of anilines is 2. The van der Waals surface area contributed by atoms with Gasteiger partial charge in [-0.1, -0.05) is 31.2 Å². The Morgan fingerprint density at radius 2 is 1.79 bits per heavy atom. The fourth-order valence-corrected chi connectivity index (χ4v) is 3.67. The lowest BCUT2D eigenvalue weighted by atomic mass is 10.1. The SMILES string of the molecule is CCc1ccccc1NC(=O)C[NH+]1CCN(C(=O)c2cccc(N(C)C)c2)CC1. The van der Waals surface area contributed by atoms with Gasteiger partial charge in [-0.05, 0) is 36.2 Å². The number of hydrogen-bond donors (Lipinski definition) is 2. The van der Waals surface area contributed by atoms with Crippen molar-refractivity contribution in [2.45, 2.75) is 13.3 Å². The molecule has 0 unspecified atom stereocenters. The molecule has 0 radical (unpaired) electrons. The minimum Gasteiger partial charge on any atom is -0.378 e. The van der Waals surface area contributed by atoms with Gasteiger partial charge in [-0.15, -0.1) is 0 Å². The van der Waals surface area contributed by atoms with E-state index >= 15 is 0 Å². The van der Waals surface area contributed by atoms with E-state index in [0.717, 1.165) is 36.4 Å². The number of piperazine rings is 1. The molecule has 2 amide bonds. The molecule has 2 N–H and O–H groups in total. The predicted octanol–water partition coefficient (Wildman–Crippen LogP) is 1.29. The molecule has 154 valence electrons. The maximum Gasteiger partial charge on any atom is 0.279 e. The quantitative estimate of drug-likeness (QED) is 0.775. The van der Waals surface area contributed by atoms with Crippen molar-refractivity contribution in [3.05, 3.63) is 59.7 Å². The van der Waals surface area contributed by atoms with Crippen molar-refractivity contribution >= 4 is 23.2 Å². The number of nitrogens with one attached hydrogen (secondary N) is 2. The molecule has 0 spiro atoms. The van der Waals surface area contributed by atoms with Crippen LogP contribution in [0.4, 0.5) is 11.4 Å². The molecule has 2 aromatic rings. The van der Waals surface area contributed by atoms with E-state index in [0.29, 0.717) is 25.2 Å². The highest BCUT2D eigenvalue weighted by Gasteiger charge is 2.26. The standard InChI is InChI=1S/C23H30N4O2/c1-4-18-8-5-6-11-21(18)24-22(28)17-26-12-14-27(15-13-26)23(29)19-9-7-10-20(16-19)25(2)3/h5-11,16H,4,12-15,17H2,1-3H3,(H,24,28)/p+1. The Morgan fingerprint density at radius 1 is 1.07 bits per heavy atom. The molecule has 0 bridgehead atoms. The molecule has 1 aliphatic rings. The molecule has 0 saturated carbocycles. The molecule has 0 aliphatic carbocycles. The van der Waals surface area contributed by atoms with Crippen LogP contribution in [0, 0.1) is 0 Å². The number of aryl methyl sites for hydroxylation is 1. The van der Waals surface area contributed by atoms with Gasteiger partial charge in [0.1, 0.15) is 0 Å². The minimum atomic E-state index is 0.0272. The zero-order chi connectivity index (χ0) is 20.8. The Morgan fingerprint density at radius 3 is 2.48 bits per heavy atom. The summed E-state index contributed by atoms with van der Waals surface area (Å²) in [5, 5.41) is 3.04. The molecule has 6 heteroatoms. The number of para-hydroxylation sites is 1. The third-order valence-corrected chi connectivity index (χ3v) is 5.45. The van der Waals surface area contributed by atoms with E-state index in [1.54, 1.807) is 0 Å². The highest BCUT2D eigenvalue weighted by atomic mass is 16.2. The van der Waals surface area contributed by atoms with Crippen molar-refractivity contribution in [3.8, 4) is 0 Å². The van der Waals surface area contributed by atoms with Gasteiger partial charge < -0.3 is 20.0 Å². The van der Waals surface area contributed by atoms with Crippen molar-refractivity contribution in [3.63, 3.8) is 0 Å². The summed E-state index contributed by atoms with van der Waals surface area (Å²) in [6, 6.07) is 15.6. The van der Waals surface area contributed by atoms with Gasteiger partial charge in [0, 0.05) is 31.0 Å². The number of amides is 2. The highest BCUT2D eigenvalue weighted by molar-refractivity contribution is 5.95. The van der Waals surface area contributed by atoms with Crippen LogP contribution in [-0.2, 0) is 11.2 Å². The first-order valence-electron chi connectivity index (χ1n) is 10.3. The summed E-state index contributed by atoms with van der Waals surface area (Å²) in [5.74, 6) is 0.0911. The molecule has 29 heavy (non-hydrogen) atoms. The zero-order valence-corrected chi connectivity index (χ0v) is 17.6. The Labute approximate surface area is 173 Å². The van der Waals surface area contributed by atoms with Crippen LogP contribution in [0.25, 0.3) is 0 Å². The van der Waals surface area contributed by atoms with Crippen LogP contribution in [0.2, 0.25) is 0 Å². The first kappa shape index (κ1) is 20.9. The Kier molecular flexibility index (Phi) is 6.88. The van der Waals surface area contributed by atoms with E-state index in [1.807, 2.05) is 72.4 Å². The first-order valence-corrected chi connectivity index (χ1v) is 10.3. The number of rotatable bonds is 6. The summed E-state index contributed by atoms with van der Waals surface area (Å²) in [7, 11) is 3.94. The molecule has 1 heterocycles. The fraction of sp³-hybridized carbons (Fsp3) is 0.391. The van der Waals surface area contributed by atoms with Crippen molar-refractivity contribution in [2.75, 3.05) is 57.0 Å². The maximum atomic E-state index is 12.8. The van der Waals surface area contributed by atoms with E-state index < -0.39 is 0 Å². The van der Waals surface area contributed by atoms with Gasteiger partial charge in [0.15, 0.2) is 6.54 Å². The third kappa shape index (κ3) is 5.35. The number of carbonyl (C=O) groups is 2. The van der Waals surface area contributed by atoms with Gasteiger partial charge in [-0.25, -0.2) is 0 Å². The molecule has 0 aromatic heterocycles. The third-order valence-electron chi connectivity index (χ3n) is 5.45. The van der Waals surface area contributed by atoms with Gasteiger partial charge in [0.05, 0.1) is 26.2 Å². The average molecular weight is 396 g/mol. The van der Waals surface area contributed by atoms with Crippen molar-refractivity contribution in [2.24, 2.45) is 0 Å². The largest absolute Gasteiger partial charge is 0.378 e. The summed E-state index contributed by atoms with van der Waals surface area (Å²) < 4.78 is 0. The molecular weight excluding hydrogens is 364 g/mol. The van der Waals surface area contributed by atoms with E-state index in [1.165, 1.54) is 4.90 Å². The summed E-state index contributed by atoms with van der Waals surface area (Å²) in [5.41, 5.74) is 3.78. The Balaban J connectivity index is 1.52. The van der Waals surface area contributed by atoms with Gasteiger partial charge in [0.25, 0.3) is 11.8 Å². The summed E-state index contributed by atoms with van der Waals surface area (Å²) in [6.07, 6.45) is 0.888. The van der Waals surface area contributed by atoms with E-state index in [4.69, 9.17) is 0 Å². The van der Waals surface area contributed by atoms with Crippen molar-refractivity contribution in [1.82, 2.24) is 4.90 Å². The van der Waals surface area contributed by atoms with E-state index in [-0.39, 0.29) is 11.8 Å². The molecule has 1 aliphatic heterocycles. The monoisotopic (exact) mass is 395 g/mol. The molecule has 3 rings (SSSR count). The van der Waals surface area contributed by atoms with Crippen LogP contribution in [0.1, 0.15) is 22.8 Å². The second kappa shape index (κ2) is 9.56. The van der Waals surface area contributed by atoms with Crippen LogP contribution in [0.5, 0.6) is 0 Å². The topological polar surface area (TPSA) is 57.1 Å². The maximum absolute atomic E-state index is 12.8. The van der Waals surface area contributed by atoms with Crippen LogP contribution in [-0.4, -0.2) is 63.5 Å². The number of carbonyl (C=O) groups excluding carboxylic acids is 2. The predicted molar refractivity (Wildman–Crippen MR) is 117 cm³/mol. The number of nitrogens with zero attached hydrogens (tertiary/aromatic N) is 2. The molecule has 0 atom stereocenters. The van der Waals surface area contributed by atoms with Crippen LogP contribution in [0.15, 0.2) is 48.5 Å². The molecule has 6 nitrogen and oxygen atoms in total. The smallest absolute Gasteiger partial charge is 0.279 e. The Hall–Kier alpha value is -2.86. The summed E-state index contributed by atoms with van der Waals surface area (Å²) in [4.78, 5) is 30.4. The van der Waals surface area contributed by atoms with Gasteiger partial charge in [-0.2, -0.15) is 0 Å². The second-order valence-corrected chi connectivity index (χ2v) is 7.72. The van der Waals surface area contributed by atoms with Crippen LogP contribution < -0.4 is 15.1 Å². The molecule has 2 aromatic carbocycles. The lowest BCUT2D eigenvalue weighted by Gasteiger charge is -2.32. The van der Waals surface area contributed by atoms with Crippen molar-refractivity contribution in [1.29, 1.82) is 0 Å². The van der Waals surface area contributed by atoms with Gasteiger partial charge in [0.2, 0.25) is 0 Å². The second-order valence-electron chi connectivity index (χ2n) is 7.72. The highest BCUT2D eigenvalue weighted by Crippen LogP contribution is 2.16. The number of benzene rings is 2. The number of hydrogen-bond acceptors (Lipinski definition) is 3. The van der Waals surface area contributed by atoms with Crippen LogP contribution >= 0.6 is 0 Å². The van der Waals surface area contributed by atoms with E-state index in [2.05, 4.69) is 12.2 Å².